The maximum atomic E-state index is 12.7. The number of anilines is 1. The van der Waals surface area contributed by atoms with Gasteiger partial charge in [0.15, 0.2) is 0 Å². The number of carbonyl (C=O) groups is 2. The van der Waals surface area contributed by atoms with Crippen molar-refractivity contribution in [1.29, 1.82) is 0 Å². The summed E-state index contributed by atoms with van der Waals surface area (Å²) in [5.41, 5.74) is 1.39. The number of fused-ring (bicyclic) bond motifs is 2. The number of amides is 2. The van der Waals surface area contributed by atoms with Gasteiger partial charge < -0.3 is 15.3 Å². The van der Waals surface area contributed by atoms with Crippen LogP contribution in [0.25, 0.3) is 0 Å². The van der Waals surface area contributed by atoms with Crippen molar-refractivity contribution in [1.82, 2.24) is 5.32 Å². The third-order valence-electron chi connectivity index (χ3n) is 6.09. The molecule has 2 aliphatic carbocycles. The summed E-state index contributed by atoms with van der Waals surface area (Å²) >= 11 is 0. The Morgan fingerprint density at radius 2 is 2.12 bits per heavy atom. The van der Waals surface area contributed by atoms with Crippen molar-refractivity contribution in [2.75, 3.05) is 18.1 Å². The minimum absolute atomic E-state index is 0.0818. The summed E-state index contributed by atoms with van der Waals surface area (Å²) in [6.45, 7) is 0.872. The molecule has 2 saturated carbocycles. The molecule has 2 bridgehead atoms. The molecule has 1 heterocycles. The lowest BCUT2D eigenvalue weighted by Crippen LogP contribution is -2.45. The summed E-state index contributed by atoms with van der Waals surface area (Å²) < 4.78 is 0. The van der Waals surface area contributed by atoms with Gasteiger partial charge in [-0.25, -0.2) is 0 Å². The first-order valence-electron chi connectivity index (χ1n) is 8.99. The second-order valence-electron chi connectivity index (χ2n) is 7.38. The average molecular weight is 328 g/mol. The first-order valence-corrected chi connectivity index (χ1v) is 8.99. The van der Waals surface area contributed by atoms with Crippen LogP contribution in [0.5, 0.6) is 0 Å². The predicted molar refractivity (Wildman–Crippen MR) is 90.7 cm³/mol. The Bertz CT molecular complexity index is 660. The number of aliphatic hydroxyl groups excluding tert-OH is 1. The molecule has 4 unspecified atom stereocenters. The number of carbonyl (C=O) groups excluding carboxylic acids is 2. The molecule has 128 valence electrons. The van der Waals surface area contributed by atoms with Crippen molar-refractivity contribution in [2.45, 2.75) is 38.1 Å². The van der Waals surface area contributed by atoms with Gasteiger partial charge in [-0.15, -0.1) is 0 Å². The molecular formula is C19H24N2O3. The van der Waals surface area contributed by atoms with Crippen molar-refractivity contribution in [3.05, 3.63) is 29.8 Å². The Kier molecular flexibility index (Phi) is 4.04. The molecule has 24 heavy (non-hydrogen) atoms. The van der Waals surface area contributed by atoms with Crippen LogP contribution in [0, 0.1) is 17.8 Å². The lowest BCUT2D eigenvalue weighted by atomic mass is 9.85. The molecule has 1 saturated heterocycles. The molecule has 4 rings (SSSR count). The molecule has 4 atom stereocenters. The van der Waals surface area contributed by atoms with E-state index in [0.29, 0.717) is 23.8 Å². The maximum absolute atomic E-state index is 12.7. The summed E-state index contributed by atoms with van der Waals surface area (Å²) in [5.74, 6) is 1.27. The average Bonchev–Trinajstić information content (AvgIpc) is 3.30. The van der Waals surface area contributed by atoms with Crippen molar-refractivity contribution in [2.24, 2.45) is 17.8 Å². The molecule has 2 N–H and O–H groups in total. The van der Waals surface area contributed by atoms with Gasteiger partial charge in [-0.1, -0.05) is 6.07 Å². The maximum Gasteiger partial charge on any atom is 0.251 e. The SMILES string of the molecule is O=C(NC1C2CCC(C2)C1CO)c1cccc(N2CCCC2=O)c1. The van der Waals surface area contributed by atoms with Crippen molar-refractivity contribution >= 4 is 17.5 Å². The zero-order chi connectivity index (χ0) is 16.7. The molecule has 2 amide bonds. The molecule has 5 heteroatoms. The van der Waals surface area contributed by atoms with Gasteiger partial charge >= 0.3 is 0 Å². The number of benzene rings is 1. The molecule has 5 nitrogen and oxygen atoms in total. The number of rotatable bonds is 4. The molecule has 3 aliphatic rings. The van der Waals surface area contributed by atoms with E-state index in [4.69, 9.17) is 0 Å². The van der Waals surface area contributed by atoms with E-state index in [-0.39, 0.29) is 30.4 Å². The van der Waals surface area contributed by atoms with Gasteiger partial charge in [0.05, 0.1) is 0 Å². The van der Waals surface area contributed by atoms with E-state index in [1.54, 1.807) is 17.0 Å². The third-order valence-corrected chi connectivity index (χ3v) is 6.09. The highest BCUT2D eigenvalue weighted by molar-refractivity contribution is 5.99. The Labute approximate surface area is 142 Å². The van der Waals surface area contributed by atoms with Crippen LogP contribution in [0.4, 0.5) is 5.69 Å². The van der Waals surface area contributed by atoms with Crippen LogP contribution in [0.15, 0.2) is 24.3 Å². The quantitative estimate of drug-likeness (QED) is 0.887. The van der Waals surface area contributed by atoms with Gasteiger partial charge in [0, 0.05) is 42.8 Å². The molecule has 0 radical (unpaired) electrons. The van der Waals surface area contributed by atoms with E-state index in [2.05, 4.69) is 5.32 Å². The van der Waals surface area contributed by atoms with Gasteiger partial charge in [0.2, 0.25) is 5.91 Å². The Hall–Kier alpha value is -1.88. The molecule has 3 fully saturated rings. The van der Waals surface area contributed by atoms with Crippen LogP contribution in [0.2, 0.25) is 0 Å². The van der Waals surface area contributed by atoms with Gasteiger partial charge in [-0.2, -0.15) is 0 Å². The fourth-order valence-corrected chi connectivity index (χ4v) is 4.87. The lowest BCUT2D eigenvalue weighted by molar-refractivity contribution is -0.117. The van der Waals surface area contributed by atoms with Crippen LogP contribution in [-0.4, -0.2) is 36.1 Å². The Morgan fingerprint density at radius 3 is 2.88 bits per heavy atom. The molecule has 0 spiro atoms. The molecular weight excluding hydrogens is 304 g/mol. The first kappa shape index (κ1) is 15.6. The summed E-state index contributed by atoms with van der Waals surface area (Å²) in [6, 6.07) is 7.40. The predicted octanol–water partition coefficient (Wildman–Crippen LogP) is 1.95. The standard InChI is InChI=1S/C19H24N2O3/c22-11-16-12-6-7-13(9-12)18(16)20-19(24)14-3-1-4-15(10-14)21-8-2-5-17(21)23/h1,3-4,10,12-13,16,18,22H,2,5-9,11H2,(H,20,24). The highest BCUT2D eigenvalue weighted by atomic mass is 16.3. The molecule has 1 aromatic rings. The monoisotopic (exact) mass is 328 g/mol. The van der Waals surface area contributed by atoms with E-state index in [1.165, 1.54) is 6.42 Å². The summed E-state index contributed by atoms with van der Waals surface area (Å²) in [6.07, 6.45) is 4.90. The topological polar surface area (TPSA) is 69.6 Å². The molecule has 1 aromatic carbocycles. The van der Waals surface area contributed by atoms with Crippen LogP contribution in [0.3, 0.4) is 0 Å². The normalized spacial score (nSPS) is 31.7. The summed E-state index contributed by atoms with van der Waals surface area (Å²) in [5, 5.41) is 12.8. The van der Waals surface area contributed by atoms with Gasteiger partial charge in [-0.05, 0) is 55.7 Å². The fraction of sp³-hybridized carbons (Fsp3) is 0.579. The van der Waals surface area contributed by atoms with Crippen molar-refractivity contribution in [3.8, 4) is 0 Å². The van der Waals surface area contributed by atoms with Crippen LogP contribution < -0.4 is 10.2 Å². The minimum Gasteiger partial charge on any atom is -0.396 e. The second kappa shape index (κ2) is 6.20. The molecule has 1 aliphatic heterocycles. The molecule has 0 aromatic heterocycles. The number of aliphatic hydroxyl groups is 1. The van der Waals surface area contributed by atoms with E-state index in [1.807, 2.05) is 12.1 Å². The van der Waals surface area contributed by atoms with E-state index in [9.17, 15) is 14.7 Å². The zero-order valence-corrected chi connectivity index (χ0v) is 13.8. The van der Waals surface area contributed by atoms with Crippen LogP contribution in [-0.2, 0) is 4.79 Å². The summed E-state index contributed by atoms with van der Waals surface area (Å²) in [7, 11) is 0. The number of hydrogen-bond acceptors (Lipinski definition) is 3. The minimum atomic E-state index is -0.0977. The van der Waals surface area contributed by atoms with Crippen molar-refractivity contribution < 1.29 is 14.7 Å². The Morgan fingerprint density at radius 1 is 1.29 bits per heavy atom. The fourth-order valence-electron chi connectivity index (χ4n) is 4.87. The van der Waals surface area contributed by atoms with Gasteiger partial charge in [0.25, 0.3) is 5.91 Å². The van der Waals surface area contributed by atoms with Crippen LogP contribution >= 0.6 is 0 Å². The van der Waals surface area contributed by atoms with E-state index >= 15 is 0 Å². The largest absolute Gasteiger partial charge is 0.396 e. The number of nitrogens with zero attached hydrogens (tertiary/aromatic N) is 1. The Balaban J connectivity index is 1.49. The number of nitrogens with one attached hydrogen (secondary N) is 1. The first-order chi connectivity index (χ1) is 11.7. The van der Waals surface area contributed by atoms with E-state index in [0.717, 1.165) is 31.5 Å². The summed E-state index contributed by atoms with van der Waals surface area (Å²) in [4.78, 5) is 26.3. The van der Waals surface area contributed by atoms with Gasteiger partial charge in [-0.3, -0.25) is 9.59 Å². The van der Waals surface area contributed by atoms with E-state index < -0.39 is 0 Å². The van der Waals surface area contributed by atoms with Crippen LogP contribution in [0.1, 0.15) is 42.5 Å². The zero-order valence-electron chi connectivity index (χ0n) is 13.8. The number of hydrogen-bond donors (Lipinski definition) is 2. The smallest absolute Gasteiger partial charge is 0.251 e. The van der Waals surface area contributed by atoms with Crippen molar-refractivity contribution in [3.63, 3.8) is 0 Å². The highest BCUT2D eigenvalue weighted by Gasteiger charge is 2.47. The third kappa shape index (κ3) is 2.61. The highest BCUT2D eigenvalue weighted by Crippen LogP contribution is 2.48. The second-order valence-corrected chi connectivity index (χ2v) is 7.38. The lowest BCUT2D eigenvalue weighted by Gasteiger charge is -2.30. The van der Waals surface area contributed by atoms with Gasteiger partial charge in [0.1, 0.15) is 0 Å².